The summed E-state index contributed by atoms with van der Waals surface area (Å²) in [5, 5.41) is 3.30. The largest absolute Gasteiger partial charge is 0.391 e. The standard InChI is InChI=1S/C21H43N/c1-3-5-6-7-8-9-10-11-12-13-14-15-16-17-18-19-21-22-20-4-2/h19,21-22H,3-18,20H2,1-2H3. The zero-order valence-electron chi connectivity index (χ0n) is 15.7. The molecule has 0 amide bonds. The molecule has 0 aliphatic rings. The molecule has 0 saturated carbocycles. The Morgan fingerprint density at radius 1 is 0.545 bits per heavy atom. The van der Waals surface area contributed by atoms with E-state index >= 15 is 0 Å². The zero-order chi connectivity index (χ0) is 16.1. The van der Waals surface area contributed by atoms with Gasteiger partial charge in [-0.05, 0) is 25.5 Å². The molecule has 22 heavy (non-hydrogen) atoms. The van der Waals surface area contributed by atoms with Crippen LogP contribution in [0, 0.1) is 0 Å². The Labute approximate surface area is 141 Å². The molecule has 0 aromatic heterocycles. The average Bonchev–Trinajstić information content (AvgIpc) is 2.54. The molecular weight excluding hydrogens is 266 g/mol. The van der Waals surface area contributed by atoms with E-state index in [1.54, 1.807) is 0 Å². The molecule has 0 aliphatic carbocycles. The summed E-state index contributed by atoms with van der Waals surface area (Å²) in [7, 11) is 0. The van der Waals surface area contributed by atoms with Crippen LogP contribution >= 0.6 is 0 Å². The molecule has 0 unspecified atom stereocenters. The number of nitrogens with one attached hydrogen (secondary N) is 1. The molecule has 0 aromatic carbocycles. The van der Waals surface area contributed by atoms with Crippen molar-refractivity contribution in [1.29, 1.82) is 0 Å². The lowest BCUT2D eigenvalue weighted by Crippen LogP contribution is -2.04. The highest BCUT2D eigenvalue weighted by Gasteiger charge is 1.93. The van der Waals surface area contributed by atoms with Crippen LogP contribution in [0.15, 0.2) is 12.3 Å². The molecule has 1 nitrogen and oxygen atoms in total. The fourth-order valence-corrected chi connectivity index (χ4v) is 2.85. The molecule has 0 bridgehead atoms. The van der Waals surface area contributed by atoms with Crippen LogP contribution < -0.4 is 5.32 Å². The third-order valence-electron chi connectivity index (χ3n) is 4.35. The van der Waals surface area contributed by atoms with Crippen LogP contribution in [0.5, 0.6) is 0 Å². The van der Waals surface area contributed by atoms with Gasteiger partial charge in [0.1, 0.15) is 0 Å². The number of allylic oxidation sites excluding steroid dienone is 1. The van der Waals surface area contributed by atoms with Crippen LogP contribution in [0.1, 0.15) is 117 Å². The van der Waals surface area contributed by atoms with Gasteiger partial charge >= 0.3 is 0 Å². The molecular formula is C21H43N. The maximum Gasteiger partial charge on any atom is 0.0138 e. The van der Waals surface area contributed by atoms with E-state index < -0.39 is 0 Å². The lowest BCUT2D eigenvalue weighted by Gasteiger charge is -2.03. The van der Waals surface area contributed by atoms with Gasteiger partial charge in [0, 0.05) is 6.54 Å². The van der Waals surface area contributed by atoms with Gasteiger partial charge in [-0.25, -0.2) is 0 Å². The van der Waals surface area contributed by atoms with Crippen molar-refractivity contribution in [1.82, 2.24) is 5.32 Å². The van der Waals surface area contributed by atoms with Gasteiger partial charge in [-0.2, -0.15) is 0 Å². The van der Waals surface area contributed by atoms with Gasteiger partial charge in [0.05, 0.1) is 0 Å². The molecule has 0 aliphatic heterocycles. The third-order valence-corrected chi connectivity index (χ3v) is 4.35. The second-order valence-corrected chi connectivity index (χ2v) is 6.74. The summed E-state index contributed by atoms with van der Waals surface area (Å²) in [6, 6.07) is 0. The van der Waals surface area contributed by atoms with Crippen molar-refractivity contribution < 1.29 is 0 Å². The molecule has 0 heterocycles. The fraction of sp³-hybridized carbons (Fsp3) is 0.905. The first-order valence-electron chi connectivity index (χ1n) is 10.3. The molecule has 0 atom stereocenters. The minimum absolute atomic E-state index is 1.11. The van der Waals surface area contributed by atoms with Gasteiger partial charge in [-0.1, -0.05) is 103 Å². The van der Waals surface area contributed by atoms with Crippen molar-refractivity contribution in [2.75, 3.05) is 6.54 Å². The lowest BCUT2D eigenvalue weighted by atomic mass is 10.0. The first kappa shape index (κ1) is 21.5. The average molecular weight is 310 g/mol. The molecule has 0 rings (SSSR count). The molecule has 132 valence electrons. The maximum atomic E-state index is 3.30. The zero-order valence-corrected chi connectivity index (χ0v) is 15.7. The number of unbranched alkanes of at least 4 members (excludes halogenated alkanes) is 14. The van der Waals surface area contributed by atoms with Gasteiger partial charge in [-0.3, -0.25) is 0 Å². The lowest BCUT2D eigenvalue weighted by molar-refractivity contribution is 0.536. The minimum atomic E-state index is 1.11. The Morgan fingerprint density at radius 2 is 1.00 bits per heavy atom. The molecule has 0 fully saturated rings. The summed E-state index contributed by atoms with van der Waals surface area (Å²) in [6.45, 7) is 5.60. The predicted molar refractivity (Wildman–Crippen MR) is 102 cm³/mol. The van der Waals surface area contributed by atoms with Crippen LogP contribution in [0.3, 0.4) is 0 Å². The SMILES string of the molecule is CCCCCCCCCCCCCCCCC=CNCCC. The Balaban J connectivity index is 2.98. The number of hydrogen-bond acceptors (Lipinski definition) is 1. The first-order chi connectivity index (χ1) is 10.9. The maximum absolute atomic E-state index is 3.30. The molecule has 0 radical (unpaired) electrons. The van der Waals surface area contributed by atoms with Gasteiger partial charge in [0.25, 0.3) is 0 Å². The summed E-state index contributed by atoms with van der Waals surface area (Å²) in [5.41, 5.74) is 0. The molecule has 0 aromatic rings. The minimum Gasteiger partial charge on any atom is -0.391 e. The highest BCUT2D eigenvalue weighted by atomic mass is 14.8. The van der Waals surface area contributed by atoms with Gasteiger partial charge in [0.15, 0.2) is 0 Å². The monoisotopic (exact) mass is 309 g/mol. The van der Waals surface area contributed by atoms with E-state index in [0.717, 1.165) is 6.54 Å². The van der Waals surface area contributed by atoms with Crippen LogP contribution in [-0.2, 0) is 0 Å². The van der Waals surface area contributed by atoms with E-state index in [1.165, 1.54) is 103 Å². The Morgan fingerprint density at radius 3 is 1.45 bits per heavy atom. The molecule has 0 saturated heterocycles. The van der Waals surface area contributed by atoms with Crippen LogP contribution in [0.25, 0.3) is 0 Å². The van der Waals surface area contributed by atoms with Crippen molar-refractivity contribution in [2.45, 2.75) is 117 Å². The molecule has 0 spiro atoms. The van der Waals surface area contributed by atoms with Gasteiger partial charge in [0.2, 0.25) is 0 Å². The summed E-state index contributed by atoms with van der Waals surface area (Å²) in [5.74, 6) is 0. The molecule has 1 heteroatoms. The Bertz CT molecular complexity index is 210. The summed E-state index contributed by atoms with van der Waals surface area (Å²) < 4.78 is 0. The smallest absolute Gasteiger partial charge is 0.0138 e. The quantitative estimate of drug-likeness (QED) is 0.261. The van der Waals surface area contributed by atoms with E-state index in [1.807, 2.05) is 0 Å². The predicted octanol–water partition coefficient (Wildman–Crippen LogP) is 7.37. The van der Waals surface area contributed by atoms with Crippen molar-refractivity contribution >= 4 is 0 Å². The second-order valence-electron chi connectivity index (χ2n) is 6.74. The summed E-state index contributed by atoms with van der Waals surface area (Å²) in [4.78, 5) is 0. The van der Waals surface area contributed by atoms with Crippen molar-refractivity contribution in [3.05, 3.63) is 12.3 Å². The second kappa shape index (κ2) is 20.5. The molecule has 1 N–H and O–H groups in total. The van der Waals surface area contributed by atoms with Crippen LogP contribution in [-0.4, -0.2) is 6.54 Å². The van der Waals surface area contributed by atoms with Gasteiger partial charge in [-0.15, -0.1) is 0 Å². The summed E-state index contributed by atoms with van der Waals surface area (Å²) >= 11 is 0. The van der Waals surface area contributed by atoms with E-state index in [4.69, 9.17) is 0 Å². The van der Waals surface area contributed by atoms with Crippen molar-refractivity contribution in [2.24, 2.45) is 0 Å². The highest BCUT2D eigenvalue weighted by molar-refractivity contribution is 4.78. The Kier molecular flexibility index (Phi) is 20.1. The summed E-state index contributed by atoms with van der Waals surface area (Å²) in [6.07, 6.45) is 27.1. The number of rotatable bonds is 18. The first-order valence-corrected chi connectivity index (χ1v) is 10.3. The number of hydrogen-bond donors (Lipinski definition) is 1. The topological polar surface area (TPSA) is 12.0 Å². The van der Waals surface area contributed by atoms with Crippen molar-refractivity contribution in [3.63, 3.8) is 0 Å². The Hall–Kier alpha value is -0.460. The van der Waals surface area contributed by atoms with Gasteiger partial charge < -0.3 is 5.32 Å². The van der Waals surface area contributed by atoms with E-state index in [0.29, 0.717) is 0 Å². The van der Waals surface area contributed by atoms with Crippen molar-refractivity contribution in [3.8, 4) is 0 Å². The van der Waals surface area contributed by atoms with E-state index in [9.17, 15) is 0 Å². The van der Waals surface area contributed by atoms with Crippen LogP contribution in [0.2, 0.25) is 0 Å². The van der Waals surface area contributed by atoms with E-state index in [-0.39, 0.29) is 0 Å². The highest BCUT2D eigenvalue weighted by Crippen LogP contribution is 2.13. The fourth-order valence-electron chi connectivity index (χ4n) is 2.85. The van der Waals surface area contributed by atoms with Crippen LogP contribution in [0.4, 0.5) is 0 Å². The normalized spacial score (nSPS) is 11.4. The third kappa shape index (κ3) is 19.5. The van der Waals surface area contributed by atoms with E-state index in [2.05, 4.69) is 31.4 Å².